The molecular weight excluding hydrogens is 417 g/mol. The summed E-state index contributed by atoms with van der Waals surface area (Å²) in [6.07, 6.45) is 4.11. The fourth-order valence-corrected chi connectivity index (χ4v) is 4.43. The summed E-state index contributed by atoms with van der Waals surface area (Å²) in [7, 11) is 1.88. The Morgan fingerprint density at radius 2 is 2.04 bits per heavy atom. The van der Waals surface area contributed by atoms with Crippen molar-refractivity contribution in [2.45, 2.75) is 36.7 Å². The summed E-state index contributed by atoms with van der Waals surface area (Å²) in [6, 6.07) is 5.53. The van der Waals surface area contributed by atoms with Gasteiger partial charge in [-0.05, 0) is 50.6 Å². The summed E-state index contributed by atoms with van der Waals surface area (Å²) in [5.74, 6) is 0.0817. The highest BCUT2D eigenvalue weighted by molar-refractivity contribution is 8.00. The van der Waals surface area contributed by atoms with E-state index in [1.165, 1.54) is 24.6 Å². The van der Waals surface area contributed by atoms with Gasteiger partial charge in [-0.1, -0.05) is 41.0 Å². The van der Waals surface area contributed by atoms with Crippen LogP contribution in [0.3, 0.4) is 0 Å². The molecule has 0 N–H and O–H groups in total. The third kappa shape index (κ3) is 5.63. The predicted molar refractivity (Wildman–Crippen MR) is 114 cm³/mol. The summed E-state index contributed by atoms with van der Waals surface area (Å²) in [5.41, 5.74) is 0.972. The first-order valence-electron chi connectivity index (χ1n) is 9.40. The third-order valence-corrected chi connectivity index (χ3v) is 6.73. The van der Waals surface area contributed by atoms with E-state index in [0.717, 1.165) is 30.4 Å². The van der Waals surface area contributed by atoms with E-state index < -0.39 is 0 Å². The molecule has 28 heavy (non-hydrogen) atoms. The molecule has 0 aliphatic carbocycles. The molecule has 0 unspecified atom stereocenters. The lowest BCUT2D eigenvalue weighted by atomic mass is 10.2. The fraction of sp³-hybridized carbons (Fsp3) is 0.526. The third-order valence-electron chi connectivity index (χ3n) is 4.85. The van der Waals surface area contributed by atoms with Gasteiger partial charge in [0.25, 0.3) is 0 Å². The van der Waals surface area contributed by atoms with Crippen molar-refractivity contribution in [2.24, 2.45) is 7.05 Å². The maximum atomic E-state index is 13.2. The van der Waals surface area contributed by atoms with Gasteiger partial charge in [-0.25, -0.2) is 0 Å². The Bertz CT molecular complexity index is 809. The number of halogens is 2. The van der Waals surface area contributed by atoms with E-state index in [-0.39, 0.29) is 11.2 Å². The van der Waals surface area contributed by atoms with Crippen LogP contribution in [0.1, 0.15) is 25.3 Å². The molecule has 2 heterocycles. The molecule has 1 atom stereocenters. The molecule has 0 radical (unpaired) electrons. The number of amides is 1. The van der Waals surface area contributed by atoms with E-state index >= 15 is 0 Å². The summed E-state index contributed by atoms with van der Waals surface area (Å²) < 4.78 is 1.82. The van der Waals surface area contributed by atoms with Crippen LogP contribution in [0.4, 0.5) is 0 Å². The van der Waals surface area contributed by atoms with Gasteiger partial charge in [-0.2, -0.15) is 0 Å². The number of thioether (sulfide) groups is 1. The van der Waals surface area contributed by atoms with Crippen molar-refractivity contribution >= 4 is 40.9 Å². The van der Waals surface area contributed by atoms with Crippen LogP contribution in [-0.2, 0) is 18.4 Å². The van der Waals surface area contributed by atoms with Gasteiger partial charge < -0.3 is 14.4 Å². The highest BCUT2D eigenvalue weighted by atomic mass is 35.5. The van der Waals surface area contributed by atoms with Crippen LogP contribution in [0, 0.1) is 0 Å². The molecular formula is C19H25Cl2N5OS. The van der Waals surface area contributed by atoms with Crippen molar-refractivity contribution in [3.05, 3.63) is 40.1 Å². The van der Waals surface area contributed by atoms with Crippen molar-refractivity contribution in [3.63, 3.8) is 0 Å². The van der Waals surface area contributed by atoms with Gasteiger partial charge in [-0.3, -0.25) is 4.79 Å². The van der Waals surface area contributed by atoms with Gasteiger partial charge in [0.15, 0.2) is 5.16 Å². The number of nitrogens with zero attached hydrogens (tertiary/aromatic N) is 5. The maximum Gasteiger partial charge on any atom is 0.236 e. The SMILES string of the molecule is C[C@@H](Sc1nncn1C)C(=O)N(CCN1CCCC1)Cc1ccc(Cl)c(Cl)c1. The van der Waals surface area contributed by atoms with Crippen LogP contribution in [0.25, 0.3) is 0 Å². The number of rotatable bonds is 8. The zero-order valence-electron chi connectivity index (χ0n) is 16.1. The molecule has 9 heteroatoms. The van der Waals surface area contributed by atoms with Gasteiger partial charge >= 0.3 is 0 Å². The lowest BCUT2D eigenvalue weighted by Gasteiger charge is -2.28. The minimum atomic E-state index is -0.260. The van der Waals surface area contributed by atoms with Crippen LogP contribution in [0.2, 0.25) is 10.0 Å². The van der Waals surface area contributed by atoms with E-state index in [1.54, 1.807) is 12.4 Å². The number of carbonyl (C=O) groups is 1. The van der Waals surface area contributed by atoms with Gasteiger partial charge in [0.2, 0.25) is 5.91 Å². The molecule has 0 saturated carbocycles. The molecule has 1 saturated heterocycles. The van der Waals surface area contributed by atoms with Crippen molar-refractivity contribution < 1.29 is 4.79 Å². The highest BCUT2D eigenvalue weighted by Gasteiger charge is 2.24. The standard InChI is InChI=1S/C19H25Cl2N5OS/c1-14(28-19-23-22-13-24(19)2)18(27)26(10-9-25-7-3-4-8-25)12-15-5-6-16(20)17(21)11-15/h5-6,11,13-14H,3-4,7-10,12H2,1-2H3/t14-/m1/s1. The Labute approximate surface area is 180 Å². The van der Waals surface area contributed by atoms with Gasteiger partial charge in [0.1, 0.15) is 6.33 Å². The second-order valence-electron chi connectivity index (χ2n) is 7.04. The van der Waals surface area contributed by atoms with Gasteiger partial charge in [0, 0.05) is 26.7 Å². The first kappa shape index (κ1) is 21.4. The number of likely N-dealkylation sites (tertiary alicyclic amines) is 1. The van der Waals surface area contributed by atoms with E-state index in [0.29, 0.717) is 23.1 Å². The van der Waals surface area contributed by atoms with Crippen LogP contribution in [-0.4, -0.2) is 61.9 Å². The molecule has 1 aromatic carbocycles. The number of hydrogen-bond donors (Lipinski definition) is 0. The van der Waals surface area contributed by atoms with Crippen molar-refractivity contribution in [2.75, 3.05) is 26.2 Å². The minimum Gasteiger partial charge on any atom is -0.336 e. The summed E-state index contributed by atoms with van der Waals surface area (Å²) in [4.78, 5) is 17.5. The van der Waals surface area contributed by atoms with E-state index in [2.05, 4.69) is 15.1 Å². The Morgan fingerprint density at radius 1 is 1.29 bits per heavy atom. The average Bonchev–Trinajstić information content (AvgIpc) is 3.33. The normalized spacial score (nSPS) is 15.7. The van der Waals surface area contributed by atoms with Gasteiger partial charge in [-0.15, -0.1) is 10.2 Å². The number of aromatic nitrogens is 3. The average molecular weight is 442 g/mol. The molecule has 1 aliphatic rings. The van der Waals surface area contributed by atoms with E-state index in [4.69, 9.17) is 23.2 Å². The van der Waals surface area contributed by atoms with Crippen molar-refractivity contribution in [1.29, 1.82) is 0 Å². The minimum absolute atomic E-state index is 0.0817. The summed E-state index contributed by atoms with van der Waals surface area (Å²) in [6.45, 7) is 6.21. The second kappa shape index (κ2) is 9.96. The Kier molecular flexibility index (Phi) is 7.62. The summed E-state index contributed by atoms with van der Waals surface area (Å²) >= 11 is 13.6. The topological polar surface area (TPSA) is 54.3 Å². The first-order valence-corrected chi connectivity index (χ1v) is 11.0. The Morgan fingerprint density at radius 3 is 2.68 bits per heavy atom. The lowest BCUT2D eigenvalue weighted by Crippen LogP contribution is -2.41. The fourth-order valence-electron chi connectivity index (χ4n) is 3.24. The number of aryl methyl sites for hydroxylation is 1. The number of hydrogen-bond acceptors (Lipinski definition) is 5. The van der Waals surface area contributed by atoms with Crippen molar-refractivity contribution in [3.8, 4) is 0 Å². The molecule has 2 aromatic rings. The van der Waals surface area contributed by atoms with Crippen LogP contribution >= 0.6 is 35.0 Å². The number of benzene rings is 1. The van der Waals surface area contributed by atoms with Crippen molar-refractivity contribution in [1.82, 2.24) is 24.6 Å². The Balaban J connectivity index is 1.70. The maximum absolute atomic E-state index is 13.2. The predicted octanol–water partition coefficient (Wildman–Crippen LogP) is 3.73. The second-order valence-corrected chi connectivity index (χ2v) is 9.16. The molecule has 1 amide bonds. The lowest BCUT2D eigenvalue weighted by molar-refractivity contribution is -0.131. The molecule has 1 fully saturated rings. The molecule has 1 aromatic heterocycles. The Hall–Kier alpha value is -1.28. The largest absolute Gasteiger partial charge is 0.336 e. The molecule has 1 aliphatic heterocycles. The zero-order valence-corrected chi connectivity index (χ0v) is 18.5. The van der Waals surface area contributed by atoms with E-state index in [1.807, 2.05) is 35.6 Å². The zero-order chi connectivity index (χ0) is 20.1. The molecule has 0 spiro atoms. The molecule has 0 bridgehead atoms. The van der Waals surface area contributed by atoms with Crippen LogP contribution < -0.4 is 0 Å². The monoisotopic (exact) mass is 441 g/mol. The van der Waals surface area contributed by atoms with E-state index in [9.17, 15) is 4.79 Å². The summed E-state index contributed by atoms with van der Waals surface area (Å²) in [5, 5.41) is 9.46. The van der Waals surface area contributed by atoms with Crippen LogP contribution in [0.15, 0.2) is 29.7 Å². The molecule has 152 valence electrons. The van der Waals surface area contributed by atoms with Gasteiger partial charge in [0.05, 0.1) is 15.3 Å². The molecule has 6 nitrogen and oxygen atoms in total. The smallest absolute Gasteiger partial charge is 0.236 e. The molecule has 3 rings (SSSR count). The quantitative estimate of drug-likeness (QED) is 0.584. The highest BCUT2D eigenvalue weighted by Crippen LogP contribution is 2.25. The first-order chi connectivity index (χ1) is 13.4. The number of carbonyl (C=O) groups excluding carboxylic acids is 1. The van der Waals surface area contributed by atoms with Crippen LogP contribution in [0.5, 0.6) is 0 Å².